The summed E-state index contributed by atoms with van der Waals surface area (Å²) >= 11 is 0. The van der Waals surface area contributed by atoms with Crippen molar-refractivity contribution in [3.8, 4) is 0 Å². The molecule has 1 aliphatic rings. The first-order chi connectivity index (χ1) is 10.5. The Bertz CT molecular complexity index is 729. The SMILES string of the molecule is Cn1cnc(S(=O)(=O)N[C@@H]2CCCN(c3ccccn3)C2)c1. The molecule has 8 heteroatoms. The van der Waals surface area contributed by atoms with E-state index in [4.69, 9.17) is 0 Å². The molecule has 0 aliphatic carbocycles. The third-order valence-electron chi connectivity index (χ3n) is 3.67. The third kappa shape index (κ3) is 3.28. The minimum atomic E-state index is -3.57. The monoisotopic (exact) mass is 321 g/mol. The van der Waals surface area contributed by atoms with Gasteiger partial charge in [-0.2, -0.15) is 0 Å². The smallest absolute Gasteiger partial charge is 0.259 e. The topological polar surface area (TPSA) is 80.1 Å². The molecule has 118 valence electrons. The highest BCUT2D eigenvalue weighted by Crippen LogP contribution is 2.18. The fourth-order valence-corrected chi connectivity index (χ4v) is 3.87. The lowest BCUT2D eigenvalue weighted by atomic mass is 10.1. The molecule has 3 rings (SSSR count). The van der Waals surface area contributed by atoms with Crippen molar-refractivity contribution in [1.82, 2.24) is 19.3 Å². The van der Waals surface area contributed by atoms with Crippen LogP contribution in [0.5, 0.6) is 0 Å². The van der Waals surface area contributed by atoms with E-state index in [0.29, 0.717) is 6.54 Å². The summed E-state index contributed by atoms with van der Waals surface area (Å²) in [5, 5.41) is 0.0601. The van der Waals surface area contributed by atoms with E-state index in [1.165, 1.54) is 12.5 Å². The molecular formula is C14H19N5O2S. The van der Waals surface area contributed by atoms with Gasteiger partial charge in [0.05, 0.1) is 6.33 Å². The molecule has 1 aliphatic heterocycles. The summed E-state index contributed by atoms with van der Waals surface area (Å²) < 4.78 is 29.0. The summed E-state index contributed by atoms with van der Waals surface area (Å²) in [4.78, 5) is 10.4. The lowest BCUT2D eigenvalue weighted by Crippen LogP contribution is -2.48. The molecule has 0 radical (unpaired) electrons. The average molecular weight is 321 g/mol. The fraction of sp³-hybridized carbons (Fsp3) is 0.429. The van der Waals surface area contributed by atoms with Crippen molar-refractivity contribution in [3.63, 3.8) is 0 Å². The number of rotatable bonds is 4. The van der Waals surface area contributed by atoms with Gasteiger partial charge in [-0.25, -0.2) is 23.1 Å². The first-order valence-corrected chi connectivity index (χ1v) is 8.69. The van der Waals surface area contributed by atoms with Crippen LogP contribution in [0.3, 0.4) is 0 Å². The Labute approximate surface area is 130 Å². The summed E-state index contributed by atoms with van der Waals surface area (Å²) in [6.45, 7) is 1.50. The van der Waals surface area contributed by atoms with Gasteiger partial charge in [0.15, 0.2) is 5.03 Å². The van der Waals surface area contributed by atoms with Gasteiger partial charge in [0.2, 0.25) is 0 Å². The lowest BCUT2D eigenvalue weighted by molar-refractivity contribution is 0.463. The maximum Gasteiger partial charge on any atom is 0.259 e. The van der Waals surface area contributed by atoms with Gasteiger partial charge in [0.25, 0.3) is 10.0 Å². The Kier molecular flexibility index (Phi) is 4.12. The molecule has 1 saturated heterocycles. The molecule has 0 bridgehead atoms. The lowest BCUT2D eigenvalue weighted by Gasteiger charge is -2.33. The number of nitrogens with zero attached hydrogens (tertiary/aromatic N) is 4. The molecule has 0 amide bonds. The highest BCUT2D eigenvalue weighted by atomic mass is 32.2. The van der Waals surface area contributed by atoms with Crippen molar-refractivity contribution < 1.29 is 8.42 Å². The third-order valence-corrected chi connectivity index (χ3v) is 5.08. The standard InChI is InChI=1S/C14H19N5O2S/c1-18-10-14(16-11-18)22(20,21)17-12-5-4-8-19(9-12)13-6-2-3-7-15-13/h2-3,6-7,10-12,17H,4-5,8-9H2,1H3/t12-/m1/s1. The van der Waals surface area contributed by atoms with Crippen LogP contribution in [0.2, 0.25) is 0 Å². The molecule has 1 atom stereocenters. The normalized spacial score (nSPS) is 19.3. The van der Waals surface area contributed by atoms with Crippen molar-refractivity contribution in [1.29, 1.82) is 0 Å². The first-order valence-electron chi connectivity index (χ1n) is 7.21. The summed E-state index contributed by atoms with van der Waals surface area (Å²) in [6.07, 6.45) is 6.47. The van der Waals surface area contributed by atoms with Crippen molar-refractivity contribution in [2.24, 2.45) is 7.05 Å². The highest BCUT2D eigenvalue weighted by molar-refractivity contribution is 7.89. The van der Waals surface area contributed by atoms with E-state index in [-0.39, 0.29) is 11.1 Å². The number of anilines is 1. The second-order valence-corrected chi connectivity index (χ2v) is 7.13. The van der Waals surface area contributed by atoms with E-state index in [2.05, 4.69) is 19.6 Å². The van der Waals surface area contributed by atoms with Crippen LogP contribution >= 0.6 is 0 Å². The molecule has 2 aromatic heterocycles. The molecule has 2 aromatic rings. The molecule has 0 aromatic carbocycles. The van der Waals surface area contributed by atoms with Gasteiger partial charge in [-0.05, 0) is 25.0 Å². The second kappa shape index (κ2) is 6.05. The predicted octanol–water partition coefficient (Wildman–Crippen LogP) is 0.762. The van der Waals surface area contributed by atoms with E-state index in [1.54, 1.807) is 17.8 Å². The Balaban J connectivity index is 1.70. The Morgan fingerprint density at radius 2 is 2.18 bits per heavy atom. The zero-order valence-corrected chi connectivity index (χ0v) is 13.2. The molecule has 0 unspecified atom stereocenters. The minimum absolute atomic E-state index is 0.0601. The van der Waals surface area contributed by atoms with E-state index in [9.17, 15) is 8.42 Å². The molecule has 22 heavy (non-hydrogen) atoms. The predicted molar refractivity (Wildman–Crippen MR) is 83.0 cm³/mol. The second-order valence-electron chi connectivity index (χ2n) is 5.47. The number of aryl methyl sites for hydroxylation is 1. The molecule has 0 saturated carbocycles. The Hall–Kier alpha value is -1.93. The number of imidazole rings is 1. The molecule has 7 nitrogen and oxygen atoms in total. The van der Waals surface area contributed by atoms with Gasteiger partial charge in [-0.15, -0.1) is 0 Å². The number of pyridine rings is 1. The molecule has 1 N–H and O–H groups in total. The van der Waals surface area contributed by atoms with Crippen LogP contribution in [0.1, 0.15) is 12.8 Å². The number of nitrogens with one attached hydrogen (secondary N) is 1. The quantitative estimate of drug-likeness (QED) is 0.899. The van der Waals surface area contributed by atoms with E-state index >= 15 is 0 Å². The number of sulfonamides is 1. The molecular weight excluding hydrogens is 302 g/mol. The van der Waals surface area contributed by atoms with E-state index in [1.807, 2.05) is 18.2 Å². The van der Waals surface area contributed by atoms with Crippen LogP contribution in [0.15, 0.2) is 41.9 Å². The van der Waals surface area contributed by atoms with Gasteiger partial charge >= 0.3 is 0 Å². The Morgan fingerprint density at radius 1 is 1.32 bits per heavy atom. The van der Waals surface area contributed by atoms with Crippen LogP contribution in [-0.2, 0) is 17.1 Å². The molecule has 0 spiro atoms. The summed E-state index contributed by atoms with van der Waals surface area (Å²) in [6, 6.07) is 5.61. The van der Waals surface area contributed by atoms with Crippen molar-refractivity contribution in [2.45, 2.75) is 23.9 Å². The minimum Gasteiger partial charge on any atom is -0.355 e. The van der Waals surface area contributed by atoms with Crippen LogP contribution in [0.25, 0.3) is 0 Å². The van der Waals surface area contributed by atoms with Gasteiger partial charge in [-0.3, -0.25) is 0 Å². The number of hydrogen-bond donors (Lipinski definition) is 1. The van der Waals surface area contributed by atoms with Crippen LogP contribution in [0, 0.1) is 0 Å². The fourth-order valence-electron chi connectivity index (χ4n) is 2.63. The average Bonchev–Trinajstić information content (AvgIpc) is 2.96. The number of hydrogen-bond acceptors (Lipinski definition) is 5. The summed E-state index contributed by atoms with van der Waals surface area (Å²) in [5.41, 5.74) is 0. The summed E-state index contributed by atoms with van der Waals surface area (Å²) in [7, 11) is -1.83. The largest absolute Gasteiger partial charge is 0.355 e. The summed E-state index contributed by atoms with van der Waals surface area (Å²) in [5.74, 6) is 0.879. The van der Waals surface area contributed by atoms with E-state index in [0.717, 1.165) is 25.2 Å². The Morgan fingerprint density at radius 3 is 2.86 bits per heavy atom. The maximum atomic E-state index is 12.3. The van der Waals surface area contributed by atoms with Gasteiger partial charge in [0.1, 0.15) is 5.82 Å². The van der Waals surface area contributed by atoms with Crippen LogP contribution < -0.4 is 9.62 Å². The zero-order valence-electron chi connectivity index (χ0n) is 12.4. The maximum absolute atomic E-state index is 12.3. The first kappa shape index (κ1) is 15.0. The van der Waals surface area contributed by atoms with Gasteiger partial charge in [0, 0.05) is 38.6 Å². The zero-order chi connectivity index (χ0) is 15.6. The van der Waals surface area contributed by atoms with Gasteiger partial charge < -0.3 is 9.47 Å². The number of piperidine rings is 1. The molecule has 1 fully saturated rings. The van der Waals surface area contributed by atoms with E-state index < -0.39 is 10.0 Å². The van der Waals surface area contributed by atoms with Crippen molar-refractivity contribution in [3.05, 3.63) is 36.9 Å². The molecule has 3 heterocycles. The van der Waals surface area contributed by atoms with Crippen LogP contribution in [0.4, 0.5) is 5.82 Å². The highest BCUT2D eigenvalue weighted by Gasteiger charge is 2.26. The van der Waals surface area contributed by atoms with Crippen LogP contribution in [-0.4, -0.2) is 42.1 Å². The van der Waals surface area contributed by atoms with Gasteiger partial charge in [-0.1, -0.05) is 6.07 Å². The van der Waals surface area contributed by atoms with Crippen molar-refractivity contribution in [2.75, 3.05) is 18.0 Å². The van der Waals surface area contributed by atoms with Crippen molar-refractivity contribution >= 4 is 15.8 Å². The number of aromatic nitrogens is 3.